The first-order chi connectivity index (χ1) is 13.9. The number of amides is 2. The average Bonchev–Trinajstić information content (AvgIpc) is 3.20. The quantitative estimate of drug-likeness (QED) is 0.688. The van der Waals surface area contributed by atoms with Crippen LogP contribution in [0.25, 0.3) is 0 Å². The molecule has 1 fully saturated rings. The van der Waals surface area contributed by atoms with E-state index in [9.17, 15) is 9.59 Å². The van der Waals surface area contributed by atoms with E-state index in [4.69, 9.17) is 23.2 Å². The van der Waals surface area contributed by atoms with Gasteiger partial charge in [-0.25, -0.2) is 0 Å². The van der Waals surface area contributed by atoms with Crippen LogP contribution in [0.1, 0.15) is 35.7 Å². The molecule has 1 aliphatic heterocycles. The van der Waals surface area contributed by atoms with Crippen molar-refractivity contribution in [2.24, 2.45) is 0 Å². The highest BCUT2D eigenvalue weighted by Crippen LogP contribution is 2.24. The molecule has 154 valence electrons. The molecule has 0 bridgehead atoms. The minimum absolute atomic E-state index is 0.0810. The number of nitrogens with one attached hydrogen (secondary N) is 1. The molecule has 1 saturated heterocycles. The van der Waals surface area contributed by atoms with E-state index >= 15 is 0 Å². The molecule has 2 aromatic rings. The fourth-order valence-electron chi connectivity index (χ4n) is 3.49. The number of anilines is 1. The van der Waals surface area contributed by atoms with Gasteiger partial charge in [-0.1, -0.05) is 35.3 Å². The van der Waals surface area contributed by atoms with Gasteiger partial charge in [0.15, 0.2) is 0 Å². The average molecular weight is 434 g/mol. The van der Waals surface area contributed by atoms with E-state index in [2.05, 4.69) is 10.2 Å². The maximum Gasteiger partial charge on any atom is 0.254 e. The lowest BCUT2D eigenvalue weighted by Gasteiger charge is -2.26. The zero-order valence-electron chi connectivity index (χ0n) is 16.5. The zero-order chi connectivity index (χ0) is 20.8. The summed E-state index contributed by atoms with van der Waals surface area (Å²) in [5, 5.41) is 3.70. The van der Waals surface area contributed by atoms with Crippen LogP contribution in [-0.2, 0) is 11.3 Å². The number of nitrogens with zero attached hydrogens (tertiary/aromatic N) is 2. The first-order valence-corrected chi connectivity index (χ1v) is 10.5. The van der Waals surface area contributed by atoms with Crippen LogP contribution >= 0.6 is 23.2 Å². The minimum atomic E-state index is -0.170. The Morgan fingerprint density at radius 1 is 1.07 bits per heavy atom. The van der Waals surface area contributed by atoms with Crippen LogP contribution in [0.4, 0.5) is 5.69 Å². The molecule has 1 N–H and O–H groups in total. The van der Waals surface area contributed by atoms with Crippen molar-refractivity contribution in [2.75, 3.05) is 31.5 Å². The molecule has 0 spiro atoms. The highest BCUT2D eigenvalue weighted by molar-refractivity contribution is 6.42. The molecule has 0 radical (unpaired) electrons. The van der Waals surface area contributed by atoms with Crippen LogP contribution in [0.15, 0.2) is 42.5 Å². The molecule has 2 amide bonds. The molecular weight excluding hydrogens is 409 g/mol. The fraction of sp³-hybridized carbons (Fsp3) is 0.364. The summed E-state index contributed by atoms with van der Waals surface area (Å²) in [6, 6.07) is 12.5. The SMILES string of the molecule is CC(=O)Nc1cccc(C(=O)N(CCN2CCCC2)Cc2ccc(Cl)c(Cl)c2)c1. The van der Waals surface area contributed by atoms with Gasteiger partial charge >= 0.3 is 0 Å². The second-order valence-corrected chi connectivity index (χ2v) is 8.10. The summed E-state index contributed by atoms with van der Waals surface area (Å²) in [7, 11) is 0. The van der Waals surface area contributed by atoms with Gasteiger partial charge in [0, 0.05) is 37.8 Å². The maximum atomic E-state index is 13.3. The standard InChI is InChI=1S/C22H25Cl2N3O2/c1-16(28)25-19-6-4-5-18(14-19)22(29)27(12-11-26-9-2-3-10-26)15-17-7-8-20(23)21(24)13-17/h4-8,13-14H,2-3,9-12,15H2,1H3,(H,25,28). The number of rotatable bonds is 7. The third kappa shape index (κ3) is 6.20. The molecule has 0 aromatic heterocycles. The number of carbonyl (C=O) groups is 2. The molecule has 0 aliphatic carbocycles. The Bertz CT molecular complexity index is 882. The third-order valence-electron chi connectivity index (χ3n) is 4.96. The first-order valence-electron chi connectivity index (χ1n) is 9.75. The number of likely N-dealkylation sites (tertiary alicyclic amines) is 1. The minimum Gasteiger partial charge on any atom is -0.333 e. The molecule has 29 heavy (non-hydrogen) atoms. The molecule has 0 unspecified atom stereocenters. The summed E-state index contributed by atoms with van der Waals surface area (Å²) in [5.41, 5.74) is 2.07. The summed E-state index contributed by atoms with van der Waals surface area (Å²) >= 11 is 12.2. The second-order valence-electron chi connectivity index (χ2n) is 7.29. The van der Waals surface area contributed by atoms with Crippen molar-refractivity contribution in [2.45, 2.75) is 26.3 Å². The lowest BCUT2D eigenvalue weighted by molar-refractivity contribution is -0.114. The van der Waals surface area contributed by atoms with E-state index in [1.807, 2.05) is 11.0 Å². The van der Waals surface area contributed by atoms with Crippen molar-refractivity contribution in [1.82, 2.24) is 9.80 Å². The molecule has 1 heterocycles. The maximum absolute atomic E-state index is 13.3. The van der Waals surface area contributed by atoms with Gasteiger partial charge in [0.2, 0.25) is 5.91 Å². The van der Waals surface area contributed by atoms with Gasteiger partial charge in [-0.15, -0.1) is 0 Å². The third-order valence-corrected chi connectivity index (χ3v) is 5.70. The summed E-state index contributed by atoms with van der Waals surface area (Å²) in [6.07, 6.45) is 2.42. The Kier molecular flexibility index (Phi) is 7.53. The van der Waals surface area contributed by atoms with Gasteiger partial charge in [0.25, 0.3) is 5.91 Å². The summed E-state index contributed by atoms with van der Waals surface area (Å²) in [5.74, 6) is -0.251. The number of carbonyl (C=O) groups excluding carboxylic acids is 2. The second kappa shape index (κ2) is 10.1. The Morgan fingerprint density at radius 3 is 2.52 bits per heavy atom. The molecule has 1 aliphatic rings. The van der Waals surface area contributed by atoms with Crippen LogP contribution in [0.3, 0.4) is 0 Å². The summed E-state index contributed by atoms with van der Waals surface area (Å²) in [6.45, 7) is 5.48. The van der Waals surface area contributed by atoms with Crippen molar-refractivity contribution in [3.8, 4) is 0 Å². The van der Waals surface area contributed by atoms with Crippen LogP contribution < -0.4 is 5.32 Å². The molecule has 3 rings (SSSR count). The molecule has 7 heteroatoms. The lowest BCUT2D eigenvalue weighted by Crippen LogP contribution is -2.37. The van der Waals surface area contributed by atoms with E-state index in [0.717, 1.165) is 25.2 Å². The molecule has 0 atom stereocenters. The van der Waals surface area contributed by atoms with Crippen LogP contribution in [-0.4, -0.2) is 47.8 Å². The van der Waals surface area contributed by atoms with Crippen LogP contribution in [0.5, 0.6) is 0 Å². The fourth-order valence-corrected chi connectivity index (χ4v) is 3.82. The molecular formula is C22H25Cl2N3O2. The monoisotopic (exact) mass is 433 g/mol. The smallest absolute Gasteiger partial charge is 0.254 e. The Labute approximate surface area is 181 Å². The van der Waals surface area contributed by atoms with Crippen molar-refractivity contribution in [3.05, 3.63) is 63.6 Å². The highest BCUT2D eigenvalue weighted by atomic mass is 35.5. The van der Waals surface area contributed by atoms with Gasteiger partial charge in [-0.2, -0.15) is 0 Å². The van der Waals surface area contributed by atoms with Crippen LogP contribution in [0, 0.1) is 0 Å². The van der Waals surface area contributed by atoms with E-state index in [0.29, 0.717) is 34.4 Å². The molecule has 0 saturated carbocycles. The summed E-state index contributed by atoms with van der Waals surface area (Å²) < 4.78 is 0. The van der Waals surface area contributed by atoms with Crippen molar-refractivity contribution in [1.29, 1.82) is 0 Å². The predicted molar refractivity (Wildman–Crippen MR) is 118 cm³/mol. The van der Waals surface area contributed by atoms with Gasteiger partial charge < -0.3 is 15.1 Å². The number of hydrogen-bond acceptors (Lipinski definition) is 3. The summed E-state index contributed by atoms with van der Waals surface area (Å²) in [4.78, 5) is 28.8. The van der Waals surface area contributed by atoms with Crippen LogP contribution in [0.2, 0.25) is 10.0 Å². The van der Waals surface area contributed by atoms with E-state index in [1.54, 1.807) is 36.4 Å². The topological polar surface area (TPSA) is 52.7 Å². The number of hydrogen-bond donors (Lipinski definition) is 1. The Morgan fingerprint density at radius 2 is 1.83 bits per heavy atom. The van der Waals surface area contributed by atoms with Crippen molar-refractivity contribution in [3.63, 3.8) is 0 Å². The Hall–Kier alpha value is -2.08. The van der Waals surface area contributed by atoms with E-state index < -0.39 is 0 Å². The molecule has 2 aromatic carbocycles. The largest absolute Gasteiger partial charge is 0.333 e. The molecule has 5 nitrogen and oxygen atoms in total. The number of halogens is 2. The lowest BCUT2D eigenvalue weighted by atomic mass is 10.1. The number of benzene rings is 2. The normalized spacial score (nSPS) is 14.0. The predicted octanol–water partition coefficient (Wildman–Crippen LogP) is 4.69. The first kappa shape index (κ1) is 21.6. The van der Waals surface area contributed by atoms with Gasteiger partial charge in [0.05, 0.1) is 10.0 Å². The van der Waals surface area contributed by atoms with Crippen molar-refractivity contribution < 1.29 is 9.59 Å². The zero-order valence-corrected chi connectivity index (χ0v) is 18.0. The van der Waals surface area contributed by atoms with Gasteiger partial charge in [-0.05, 0) is 61.8 Å². The van der Waals surface area contributed by atoms with E-state index in [1.165, 1.54) is 19.8 Å². The van der Waals surface area contributed by atoms with Crippen molar-refractivity contribution >= 4 is 40.7 Å². The highest BCUT2D eigenvalue weighted by Gasteiger charge is 2.20. The van der Waals surface area contributed by atoms with Gasteiger partial charge in [0.1, 0.15) is 0 Å². The van der Waals surface area contributed by atoms with Gasteiger partial charge in [-0.3, -0.25) is 9.59 Å². The van der Waals surface area contributed by atoms with E-state index in [-0.39, 0.29) is 11.8 Å². The Balaban J connectivity index is 1.79.